The fourth-order valence-corrected chi connectivity index (χ4v) is 1.61. The number of hydrogen-bond acceptors (Lipinski definition) is 6. The number of nitrogens with one attached hydrogen (secondary N) is 2. The summed E-state index contributed by atoms with van der Waals surface area (Å²) in [6.07, 6.45) is 4.43. The lowest BCUT2D eigenvalue weighted by Crippen LogP contribution is -2.26. The summed E-state index contributed by atoms with van der Waals surface area (Å²) in [7, 11) is 0. The van der Waals surface area contributed by atoms with Crippen molar-refractivity contribution < 1.29 is 9.32 Å². The summed E-state index contributed by atoms with van der Waals surface area (Å²) < 4.78 is 4.62. The smallest absolute Gasteiger partial charge is 0.269 e. The van der Waals surface area contributed by atoms with E-state index in [4.69, 9.17) is 0 Å². The van der Waals surface area contributed by atoms with Gasteiger partial charge in [-0.3, -0.25) is 9.78 Å². The maximum atomic E-state index is 11.9. The van der Waals surface area contributed by atoms with Crippen LogP contribution in [0.3, 0.4) is 0 Å². The monoisotopic (exact) mass is 275 g/mol. The third kappa shape index (κ3) is 4.04. The van der Waals surface area contributed by atoms with E-state index in [1.807, 2.05) is 6.07 Å². The largest absolute Gasteiger partial charge is 0.385 e. The summed E-state index contributed by atoms with van der Waals surface area (Å²) in [6, 6.07) is 3.57. The average molecular weight is 275 g/mol. The van der Waals surface area contributed by atoms with Crippen LogP contribution in [-0.2, 0) is 6.42 Å². The van der Waals surface area contributed by atoms with E-state index in [1.165, 1.54) is 6.39 Å². The molecule has 0 aliphatic rings. The SMILES string of the molecule is CCCNc1ccnc(C(=O)NCCc2ncon2)c1. The third-order valence-corrected chi connectivity index (χ3v) is 2.61. The van der Waals surface area contributed by atoms with Crippen LogP contribution < -0.4 is 10.6 Å². The predicted octanol–water partition coefficient (Wildman–Crippen LogP) is 1.26. The van der Waals surface area contributed by atoms with Crippen LogP contribution in [0.5, 0.6) is 0 Å². The van der Waals surface area contributed by atoms with Gasteiger partial charge in [0.05, 0.1) is 0 Å². The van der Waals surface area contributed by atoms with E-state index >= 15 is 0 Å². The molecule has 0 fully saturated rings. The second kappa shape index (κ2) is 7.22. The van der Waals surface area contributed by atoms with Gasteiger partial charge in [-0.25, -0.2) is 0 Å². The van der Waals surface area contributed by atoms with E-state index in [0.717, 1.165) is 18.7 Å². The van der Waals surface area contributed by atoms with Crippen molar-refractivity contribution >= 4 is 11.6 Å². The first-order chi connectivity index (χ1) is 9.79. The quantitative estimate of drug-likeness (QED) is 0.790. The number of pyridine rings is 1. The Hall–Kier alpha value is -2.44. The molecule has 0 unspecified atom stereocenters. The Balaban J connectivity index is 1.85. The van der Waals surface area contributed by atoms with Gasteiger partial charge in [-0.2, -0.15) is 4.98 Å². The maximum Gasteiger partial charge on any atom is 0.269 e. The normalized spacial score (nSPS) is 10.2. The molecule has 0 aromatic carbocycles. The fourth-order valence-electron chi connectivity index (χ4n) is 1.61. The molecular formula is C13H17N5O2. The molecule has 0 aliphatic heterocycles. The number of nitrogens with zero attached hydrogens (tertiary/aromatic N) is 3. The highest BCUT2D eigenvalue weighted by molar-refractivity contribution is 5.93. The van der Waals surface area contributed by atoms with Gasteiger partial charge in [-0.15, -0.1) is 0 Å². The zero-order chi connectivity index (χ0) is 14.2. The number of anilines is 1. The maximum absolute atomic E-state index is 11.9. The van der Waals surface area contributed by atoms with Gasteiger partial charge in [-0.1, -0.05) is 12.1 Å². The topological polar surface area (TPSA) is 92.9 Å². The Morgan fingerprint density at radius 2 is 2.25 bits per heavy atom. The standard InChI is InChI=1S/C13H17N5O2/c1-2-5-14-10-3-6-15-11(8-10)13(19)16-7-4-12-17-9-20-18-12/h3,6,8-9H,2,4-5,7H2,1H3,(H,14,15)(H,16,19). The van der Waals surface area contributed by atoms with Crippen molar-refractivity contribution in [3.63, 3.8) is 0 Å². The highest BCUT2D eigenvalue weighted by Crippen LogP contribution is 2.07. The van der Waals surface area contributed by atoms with E-state index in [-0.39, 0.29) is 5.91 Å². The first-order valence-corrected chi connectivity index (χ1v) is 6.53. The lowest BCUT2D eigenvalue weighted by molar-refractivity contribution is 0.0949. The molecule has 0 saturated heterocycles. The number of carbonyl (C=O) groups excluding carboxylic acids is 1. The Kier molecular flexibility index (Phi) is 5.05. The van der Waals surface area contributed by atoms with E-state index in [1.54, 1.807) is 12.3 Å². The molecule has 0 bridgehead atoms. The molecule has 106 valence electrons. The summed E-state index contributed by atoms with van der Waals surface area (Å²) in [5.41, 5.74) is 1.28. The minimum absolute atomic E-state index is 0.214. The molecule has 2 heterocycles. The Morgan fingerprint density at radius 3 is 3.00 bits per heavy atom. The van der Waals surface area contributed by atoms with Crippen molar-refractivity contribution in [2.24, 2.45) is 0 Å². The van der Waals surface area contributed by atoms with E-state index in [9.17, 15) is 4.79 Å². The summed E-state index contributed by atoms with van der Waals surface area (Å²) in [6.45, 7) is 3.38. The molecule has 2 aromatic heterocycles. The van der Waals surface area contributed by atoms with E-state index < -0.39 is 0 Å². The van der Waals surface area contributed by atoms with Gasteiger partial charge in [0.25, 0.3) is 5.91 Å². The molecule has 7 nitrogen and oxygen atoms in total. The number of hydrogen-bond donors (Lipinski definition) is 2. The van der Waals surface area contributed by atoms with Crippen molar-refractivity contribution in [1.82, 2.24) is 20.4 Å². The van der Waals surface area contributed by atoms with Gasteiger partial charge in [-0.05, 0) is 18.6 Å². The van der Waals surface area contributed by atoms with Crippen molar-refractivity contribution in [3.05, 3.63) is 36.2 Å². The second-order valence-electron chi connectivity index (χ2n) is 4.21. The van der Waals surface area contributed by atoms with Crippen LogP contribution in [0.2, 0.25) is 0 Å². The summed E-state index contributed by atoms with van der Waals surface area (Å²) in [5.74, 6) is 0.352. The average Bonchev–Trinajstić information content (AvgIpc) is 2.98. The van der Waals surface area contributed by atoms with Crippen molar-refractivity contribution in [2.75, 3.05) is 18.4 Å². The van der Waals surface area contributed by atoms with E-state index in [0.29, 0.717) is 24.5 Å². The Bertz CT molecular complexity index is 541. The van der Waals surface area contributed by atoms with Gasteiger partial charge in [0.2, 0.25) is 6.39 Å². The predicted molar refractivity (Wildman–Crippen MR) is 73.4 cm³/mol. The van der Waals surface area contributed by atoms with Crippen molar-refractivity contribution in [1.29, 1.82) is 0 Å². The molecule has 0 radical (unpaired) electrons. The van der Waals surface area contributed by atoms with Crippen molar-refractivity contribution in [3.8, 4) is 0 Å². The Morgan fingerprint density at radius 1 is 1.35 bits per heavy atom. The molecule has 7 heteroatoms. The van der Waals surface area contributed by atoms with Gasteiger partial charge in [0.1, 0.15) is 5.69 Å². The van der Waals surface area contributed by atoms with Crippen LogP contribution in [0.15, 0.2) is 29.2 Å². The first kappa shape index (κ1) is 14.0. The van der Waals surface area contributed by atoms with Crippen LogP contribution >= 0.6 is 0 Å². The van der Waals surface area contributed by atoms with Gasteiger partial charge < -0.3 is 15.2 Å². The van der Waals surface area contributed by atoms with Crippen LogP contribution in [0.25, 0.3) is 0 Å². The second-order valence-corrected chi connectivity index (χ2v) is 4.21. The number of carbonyl (C=O) groups is 1. The lowest BCUT2D eigenvalue weighted by Gasteiger charge is -2.07. The number of amides is 1. The summed E-state index contributed by atoms with van der Waals surface area (Å²) >= 11 is 0. The van der Waals surface area contributed by atoms with Crippen LogP contribution in [0.4, 0.5) is 5.69 Å². The molecule has 20 heavy (non-hydrogen) atoms. The molecule has 0 saturated carbocycles. The Labute approximate surface area is 116 Å². The molecule has 0 atom stereocenters. The van der Waals surface area contributed by atoms with Crippen LogP contribution in [0, 0.1) is 0 Å². The summed E-state index contributed by atoms with van der Waals surface area (Å²) in [5, 5.41) is 9.66. The highest BCUT2D eigenvalue weighted by Gasteiger charge is 2.08. The van der Waals surface area contributed by atoms with Gasteiger partial charge in [0.15, 0.2) is 5.82 Å². The fraction of sp³-hybridized carbons (Fsp3) is 0.385. The molecule has 0 aliphatic carbocycles. The minimum atomic E-state index is -0.214. The molecule has 0 spiro atoms. The van der Waals surface area contributed by atoms with Crippen molar-refractivity contribution in [2.45, 2.75) is 19.8 Å². The molecule has 1 amide bonds. The van der Waals surface area contributed by atoms with Gasteiger partial charge >= 0.3 is 0 Å². The minimum Gasteiger partial charge on any atom is -0.385 e. The molecule has 2 aromatic rings. The zero-order valence-corrected chi connectivity index (χ0v) is 11.3. The highest BCUT2D eigenvalue weighted by atomic mass is 16.5. The zero-order valence-electron chi connectivity index (χ0n) is 11.3. The first-order valence-electron chi connectivity index (χ1n) is 6.53. The third-order valence-electron chi connectivity index (χ3n) is 2.61. The summed E-state index contributed by atoms with van der Waals surface area (Å²) in [4.78, 5) is 19.9. The number of aromatic nitrogens is 3. The molecular weight excluding hydrogens is 258 g/mol. The van der Waals surface area contributed by atoms with Crippen LogP contribution in [-0.4, -0.2) is 34.1 Å². The lowest BCUT2D eigenvalue weighted by atomic mass is 10.3. The number of rotatable bonds is 7. The van der Waals surface area contributed by atoms with Gasteiger partial charge in [0, 0.05) is 31.4 Å². The molecule has 2 rings (SSSR count). The molecule has 2 N–H and O–H groups in total. The van der Waals surface area contributed by atoms with Crippen LogP contribution in [0.1, 0.15) is 29.7 Å². The van der Waals surface area contributed by atoms with E-state index in [2.05, 4.69) is 37.2 Å².